The number of phenols is 1. The molecule has 4 N–H and O–H groups in total. The van der Waals surface area contributed by atoms with Crippen molar-refractivity contribution < 1.29 is 9.90 Å². The van der Waals surface area contributed by atoms with Crippen LogP contribution in [0, 0.1) is 5.41 Å². The maximum atomic E-state index is 11.9. The standard InChI is InChI=1S/C13H20N2O2/c1-3-13(2,9-14)12(17)15-8-10-6-4-5-7-11(10)16/h4-7,16H,3,8-9,14H2,1-2H3,(H,15,17). The fourth-order valence-electron chi connectivity index (χ4n) is 1.45. The molecule has 0 radical (unpaired) electrons. The van der Waals surface area contributed by atoms with Gasteiger partial charge in [-0.05, 0) is 19.4 Å². The Balaban J connectivity index is 2.63. The molecule has 0 aliphatic carbocycles. The van der Waals surface area contributed by atoms with Crippen molar-refractivity contribution in [2.24, 2.45) is 11.1 Å². The van der Waals surface area contributed by atoms with Gasteiger partial charge in [-0.25, -0.2) is 0 Å². The molecule has 1 amide bonds. The first-order chi connectivity index (χ1) is 8.03. The number of rotatable bonds is 5. The van der Waals surface area contributed by atoms with Crippen molar-refractivity contribution in [1.29, 1.82) is 0 Å². The van der Waals surface area contributed by atoms with Crippen LogP contribution < -0.4 is 11.1 Å². The van der Waals surface area contributed by atoms with Crippen molar-refractivity contribution in [2.75, 3.05) is 6.54 Å². The molecule has 0 aliphatic heterocycles. The quantitative estimate of drug-likeness (QED) is 0.723. The van der Waals surface area contributed by atoms with Crippen LogP contribution in [0.4, 0.5) is 0 Å². The molecule has 94 valence electrons. The summed E-state index contributed by atoms with van der Waals surface area (Å²) in [6.07, 6.45) is 0.691. The van der Waals surface area contributed by atoms with Gasteiger partial charge in [-0.2, -0.15) is 0 Å². The topological polar surface area (TPSA) is 75.4 Å². The van der Waals surface area contributed by atoms with Gasteiger partial charge in [0, 0.05) is 18.7 Å². The second-order valence-electron chi connectivity index (χ2n) is 4.43. The fourth-order valence-corrected chi connectivity index (χ4v) is 1.45. The lowest BCUT2D eigenvalue weighted by Crippen LogP contribution is -2.43. The Labute approximate surface area is 102 Å². The number of hydrogen-bond donors (Lipinski definition) is 3. The summed E-state index contributed by atoms with van der Waals surface area (Å²) in [7, 11) is 0. The smallest absolute Gasteiger partial charge is 0.227 e. The molecule has 0 saturated carbocycles. The van der Waals surface area contributed by atoms with Crippen LogP contribution in [0.2, 0.25) is 0 Å². The Morgan fingerprint density at radius 1 is 1.47 bits per heavy atom. The molecule has 0 aliphatic rings. The number of para-hydroxylation sites is 1. The van der Waals surface area contributed by atoms with Crippen molar-refractivity contribution in [3.63, 3.8) is 0 Å². The first-order valence-corrected chi connectivity index (χ1v) is 5.78. The van der Waals surface area contributed by atoms with E-state index in [2.05, 4.69) is 5.32 Å². The number of benzene rings is 1. The van der Waals surface area contributed by atoms with E-state index in [0.29, 0.717) is 25.1 Å². The summed E-state index contributed by atoms with van der Waals surface area (Å²) < 4.78 is 0. The molecule has 1 aromatic carbocycles. The van der Waals surface area contributed by atoms with Crippen LogP contribution in [0.1, 0.15) is 25.8 Å². The van der Waals surface area contributed by atoms with Crippen molar-refractivity contribution in [3.8, 4) is 5.75 Å². The van der Waals surface area contributed by atoms with Gasteiger partial charge in [0.15, 0.2) is 0 Å². The maximum Gasteiger partial charge on any atom is 0.227 e. The molecule has 17 heavy (non-hydrogen) atoms. The molecule has 0 aromatic heterocycles. The molecule has 1 unspecified atom stereocenters. The number of nitrogens with one attached hydrogen (secondary N) is 1. The number of hydrogen-bond acceptors (Lipinski definition) is 3. The molecule has 1 aromatic rings. The predicted molar refractivity (Wildman–Crippen MR) is 67.4 cm³/mol. The summed E-state index contributed by atoms with van der Waals surface area (Å²) in [6.45, 7) is 4.41. The van der Waals surface area contributed by atoms with E-state index < -0.39 is 5.41 Å². The van der Waals surface area contributed by atoms with E-state index in [1.807, 2.05) is 19.9 Å². The minimum absolute atomic E-state index is 0.0780. The zero-order chi connectivity index (χ0) is 12.9. The van der Waals surface area contributed by atoms with Crippen LogP contribution in [0.3, 0.4) is 0 Å². The average Bonchev–Trinajstić information content (AvgIpc) is 2.36. The molecule has 4 nitrogen and oxygen atoms in total. The Hall–Kier alpha value is -1.55. The van der Waals surface area contributed by atoms with Gasteiger partial charge in [0.1, 0.15) is 5.75 Å². The zero-order valence-corrected chi connectivity index (χ0v) is 10.4. The lowest BCUT2D eigenvalue weighted by atomic mass is 9.86. The molecule has 1 atom stereocenters. The number of carbonyl (C=O) groups excluding carboxylic acids is 1. The van der Waals surface area contributed by atoms with Crippen LogP contribution in [0.25, 0.3) is 0 Å². The lowest BCUT2D eigenvalue weighted by Gasteiger charge is -2.25. The van der Waals surface area contributed by atoms with Crippen molar-refractivity contribution in [1.82, 2.24) is 5.32 Å². The largest absolute Gasteiger partial charge is 0.508 e. The summed E-state index contributed by atoms with van der Waals surface area (Å²) in [6, 6.07) is 6.95. The highest BCUT2D eigenvalue weighted by atomic mass is 16.3. The van der Waals surface area contributed by atoms with E-state index >= 15 is 0 Å². The van der Waals surface area contributed by atoms with E-state index in [9.17, 15) is 9.90 Å². The monoisotopic (exact) mass is 236 g/mol. The van der Waals surface area contributed by atoms with Crippen LogP contribution in [-0.2, 0) is 11.3 Å². The van der Waals surface area contributed by atoms with Crippen LogP contribution in [0.15, 0.2) is 24.3 Å². The maximum absolute atomic E-state index is 11.9. The van der Waals surface area contributed by atoms with E-state index in [-0.39, 0.29) is 11.7 Å². The summed E-state index contributed by atoms with van der Waals surface area (Å²) in [5, 5.41) is 12.4. The van der Waals surface area contributed by atoms with E-state index in [1.165, 1.54) is 0 Å². The summed E-state index contributed by atoms with van der Waals surface area (Å²) in [5.74, 6) is 0.115. The summed E-state index contributed by atoms with van der Waals surface area (Å²) in [5.41, 5.74) is 5.77. The van der Waals surface area contributed by atoms with Gasteiger partial charge in [-0.15, -0.1) is 0 Å². The second-order valence-corrected chi connectivity index (χ2v) is 4.43. The molecular formula is C13H20N2O2. The van der Waals surface area contributed by atoms with Crippen LogP contribution in [-0.4, -0.2) is 17.6 Å². The highest BCUT2D eigenvalue weighted by Crippen LogP contribution is 2.20. The van der Waals surface area contributed by atoms with E-state index in [0.717, 1.165) is 0 Å². The third kappa shape index (κ3) is 3.20. The molecule has 0 fully saturated rings. The van der Waals surface area contributed by atoms with Gasteiger partial charge >= 0.3 is 0 Å². The highest BCUT2D eigenvalue weighted by molar-refractivity contribution is 5.82. The average molecular weight is 236 g/mol. The number of carbonyl (C=O) groups is 1. The van der Waals surface area contributed by atoms with Crippen molar-refractivity contribution in [2.45, 2.75) is 26.8 Å². The molecule has 0 bridgehead atoms. The normalized spacial score (nSPS) is 14.1. The second kappa shape index (κ2) is 5.68. The summed E-state index contributed by atoms with van der Waals surface area (Å²) >= 11 is 0. The van der Waals surface area contributed by atoms with E-state index in [4.69, 9.17) is 5.73 Å². The van der Waals surface area contributed by atoms with Crippen LogP contribution in [0.5, 0.6) is 5.75 Å². The molecule has 4 heteroatoms. The first-order valence-electron chi connectivity index (χ1n) is 5.78. The molecular weight excluding hydrogens is 216 g/mol. The van der Waals surface area contributed by atoms with Crippen LogP contribution >= 0.6 is 0 Å². The number of phenolic OH excluding ortho intramolecular Hbond substituents is 1. The van der Waals surface area contributed by atoms with Crippen molar-refractivity contribution >= 4 is 5.91 Å². The van der Waals surface area contributed by atoms with Crippen molar-refractivity contribution in [3.05, 3.63) is 29.8 Å². The molecule has 1 rings (SSSR count). The fraction of sp³-hybridized carbons (Fsp3) is 0.462. The third-order valence-electron chi connectivity index (χ3n) is 3.21. The zero-order valence-electron chi connectivity index (χ0n) is 10.4. The SMILES string of the molecule is CCC(C)(CN)C(=O)NCc1ccccc1O. The molecule has 0 saturated heterocycles. The summed E-state index contributed by atoms with van der Waals surface area (Å²) in [4.78, 5) is 11.9. The molecule has 0 heterocycles. The minimum atomic E-state index is -0.537. The van der Waals surface area contributed by atoms with Gasteiger partial charge in [0.2, 0.25) is 5.91 Å². The van der Waals surface area contributed by atoms with Gasteiger partial charge < -0.3 is 16.2 Å². The first kappa shape index (κ1) is 13.5. The molecule has 0 spiro atoms. The van der Waals surface area contributed by atoms with Gasteiger partial charge in [-0.3, -0.25) is 4.79 Å². The Morgan fingerprint density at radius 3 is 2.65 bits per heavy atom. The number of amides is 1. The third-order valence-corrected chi connectivity index (χ3v) is 3.21. The predicted octanol–water partition coefficient (Wildman–Crippen LogP) is 1.38. The van der Waals surface area contributed by atoms with Gasteiger partial charge in [-0.1, -0.05) is 25.1 Å². The Bertz CT molecular complexity index is 387. The Morgan fingerprint density at radius 2 is 2.12 bits per heavy atom. The minimum Gasteiger partial charge on any atom is -0.508 e. The highest BCUT2D eigenvalue weighted by Gasteiger charge is 2.29. The number of nitrogens with two attached hydrogens (primary N) is 1. The number of aromatic hydroxyl groups is 1. The lowest BCUT2D eigenvalue weighted by molar-refractivity contribution is -0.130. The Kier molecular flexibility index (Phi) is 4.52. The van der Waals surface area contributed by atoms with E-state index in [1.54, 1.807) is 18.2 Å². The van der Waals surface area contributed by atoms with Gasteiger partial charge in [0.05, 0.1) is 5.41 Å². The van der Waals surface area contributed by atoms with Gasteiger partial charge in [0.25, 0.3) is 0 Å².